The van der Waals surface area contributed by atoms with Crippen LogP contribution in [0.1, 0.15) is 41.9 Å². The van der Waals surface area contributed by atoms with E-state index in [1.165, 1.54) is 11.6 Å². The summed E-state index contributed by atoms with van der Waals surface area (Å²) in [7, 11) is 0. The van der Waals surface area contributed by atoms with Crippen LogP contribution in [0.5, 0.6) is 5.88 Å². The topological polar surface area (TPSA) is 121 Å². The number of amides is 1. The maximum Gasteiger partial charge on any atom is 0.423 e. The highest BCUT2D eigenvalue weighted by Crippen LogP contribution is 2.40. The van der Waals surface area contributed by atoms with Gasteiger partial charge in [-0.25, -0.2) is 9.67 Å². The van der Waals surface area contributed by atoms with E-state index in [0.717, 1.165) is 6.20 Å². The summed E-state index contributed by atoms with van der Waals surface area (Å²) < 4.78 is 48.4. The van der Waals surface area contributed by atoms with Gasteiger partial charge in [0.25, 0.3) is 5.91 Å². The van der Waals surface area contributed by atoms with Crippen molar-refractivity contribution in [2.24, 2.45) is 5.73 Å². The Hall–Kier alpha value is -3.93. The first-order chi connectivity index (χ1) is 16.6. The van der Waals surface area contributed by atoms with Gasteiger partial charge in [0.15, 0.2) is 0 Å². The number of halogens is 3. The smallest absolute Gasteiger partial charge is 0.423 e. The third-order valence-corrected chi connectivity index (χ3v) is 5.71. The molecule has 4 rings (SSSR count). The van der Waals surface area contributed by atoms with Crippen LogP contribution in [0.3, 0.4) is 0 Å². The van der Waals surface area contributed by atoms with Crippen LogP contribution in [0, 0.1) is 0 Å². The van der Waals surface area contributed by atoms with Gasteiger partial charge in [-0.3, -0.25) is 4.79 Å². The van der Waals surface area contributed by atoms with E-state index in [2.05, 4.69) is 15.3 Å². The Morgan fingerprint density at radius 2 is 1.97 bits per heavy atom. The summed E-state index contributed by atoms with van der Waals surface area (Å²) in [5.41, 5.74) is 4.76. The maximum atomic E-state index is 13.4. The summed E-state index contributed by atoms with van der Waals surface area (Å²) in [5, 5.41) is 17.4. The van der Waals surface area contributed by atoms with Gasteiger partial charge in [-0.2, -0.15) is 13.2 Å². The lowest BCUT2D eigenvalue weighted by molar-refractivity contribution is -0.269. The second-order valence-corrected chi connectivity index (χ2v) is 7.94. The lowest BCUT2D eigenvalue weighted by atomic mass is 9.96. The zero-order valence-corrected chi connectivity index (χ0v) is 19.0. The summed E-state index contributed by atoms with van der Waals surface area (Å²) >= 11 is 0. The average molecular weight is 488 g/mol. The molecule has 9 nitrogen and oxygen atoms in total. The second-order valence-electron chi connectivity index (χ2n) is 7.94. The number of primary amides is 1. The molecular weight excluding hydrogens is 465 g/mol. The van der Waals surface area contributed by atoms with Crippen LogP contribution in [0.2, 0.25) is 0 Å². The first kappa shape index (κ1) is 24.2. The number of nitrogens with zero attached hydrogens (tertiary/aromatic N) is 5. The Balaban J connectivity index is 1.72. The molecule has 0 spiro atoms. The quantitative estimate of drug-likeness (QED) is 0.393. The van der Waals surface area contributed by atoms with Gasteiger partial charge < -0.3 is 20.0 Å². The van der Waals surface area contributed by atoms with E-state index in [-0.39, 0.29) is 12.1 Å². The number of aromatic nitrogens is 5. The van der Waals surface area contributed by atoms with Crippen LogP contribution in [0.15, 0.2) is 49.1 Å². The van der Waals surface area contributed by atoms with Crippen molar-refractivity contribution in [2.75, 3.05) is 6.61 Å². The van der Waals surface area contributed by atoms with E-state index >= 15 is 0 Å². The number of fused-ring (bicyclic) bond motifs is 1. The van der Waals surface area contributed by atoms with Crippen LogP contribution in [-0.4, -0.2) is 48.2 Å². The Morgan fingerprint density at radius 1 is 1.20 bits per heavy atom. The molecule has 0 saturated heterocycles. The highest BCUT2D eigenvalue weighted by molar-refractivity contribution is 6.04. The van der Waals surface area contributed by atoms with Crippen molar-refractivity contribution in [3.63, 3.8) is 0 Å². The van der Waals surface area contributed by atoms with Gasteiger partial charge >= 0.3 is 6.18 Å². The number of ether oxygens (including phenoxy) is 1. The average Bonchev–Trinajstić information content (AvgIpc) is 3.43. The number of hydrogen-bond donors (Lipinski definition) is 2. The van der Waals surface area contributed by atoms with E-state index in [9.17, 15) is 23.1 Å². The standard InChI is InChI=1S/C23H23F3N6O3/c1-3-22(34,23(24,25)26)18-13-32(30-29-18)11-14-7-8-31-12-16(21(27)33)20(17(31)9-14)15-5-6-19(28-10-15)35-4-2/h5-10,12-13,34H,3-4,11H2,1-2H3,(H2,27,33). The summed E-state index contributed by atoms with van der Waals surface area (Å²) in [6.07, 6.45) is 0.474. The van der Waals surface area contributed by atoms with Crippen molar-refractivity contribution in [1.29, 1.82) is 0 Å². The Bertz CT molecular complexity index is 1360. The van der Waals surface area contributed by atoms with Crippen LogP contribution < -0.4 is 10.5 Å². The molecule has 0 aliphatic carbocycles. The zero-order chi connectivity index (χ0) is 25.4. The molecule has 0 radical (unpaired) electrons. The Labute approximate surface area is 198 Å². The summed E-state index contributed by atoms with van der Waals surface area (Å²) in [5.74, 6) is -0.181. The molecule has 4 heterocycles. The fraction of sp³-hybridized carbons (Fsp3) is 0.304. The first-order valence-electron chi connectivity index (χ1n) is 10.8. The Morgan fingerprint density at radius 3 is 2.57 bits per heavy atom. The molecule has 3 N–H and O–H groups in total. The molecule has 1 unspecified atom stereocenters. The number of nitrogens with two attached hydrogens (primary N) is 1. The van der Waals surface area contributed by atoms with E-state index in [4.69, 9.17) is 10.5 Å². The van der Waals surface area contributed by atoms with E-state index in [0.29, 0.717) is 34.7 Å². The van der Waals surface area contributed by atoms with E-state index in [1.54, 1.807) is 47.3 Å². The molecule has 184 valence electrons. The molecule has 4 aromatic rings. The van der Waals surface area contributed by atoms with Gasteiger partial charge in [0.1, 0.15) is 5.69 Å². The van der Waals surface area contributed by atoms with Crippen LogP contribution in [-0.2, 0) is 12.1 Å². The molecule has 12 heteroatoms. The molecular formula is C23H23F3N6O3. The van der Waals surface area contributed by atoms with Gasteiger partial charge in [-0.05, 0) is 37.1 Å². The van der Waals surface area contributed by atoms with Crippen molar-refractivity contribution < 1.29 is 27.8 Å². The monoisotopic (exact) mass is 488 g/mol. The molecule has 0 aliphatic rings. The molecule has 0 aromatic carbocycles. The first-order valence-corrected chi connectivity index (χ1v) is 10.8. The molecule has 0 saturated carbocycles. The summed E-state index contributed by atoms with van der Waals surface area (Å²) in [6, 6.07) is 6.95. The lowest BCUT2D eigenvalue weighted by Crippen LogP contribution is -2.42. The molecule has 4 aromatic heterocycles. The minimum absolute atomic E-state index is 0.0825. The molecule has 35 heavy (non-hydrogen) atoms. The molecule has 0 bridgehead atoms. The zero-order valence-electron chi connectivity index (χ0n) is 19.0. The maximum absolute atomic E-state index is 13.4. The fourth-order valence-corrected chi connectivity index (χ4v) is 3.84. The predicted octanol–water partition coefficient (Wildman–Crippen LogP) is 3.30. The third kappa shape index (κ3) is 4.44. The molecule has 0 fully saturated rings. The van der Waals surface area contributed by atoms with Crippen molar-refractivity contribution in [3.8, 4) is 17.0 Å². The highest BCUT2D eigenvalue weighted by atomic mass is 19.4. The number of hydrogen-bond acceptors (Lipinski definition) is 6. The molecule has 0 aliphatic heterocycles. The van der Waals surface area contributed by atoms with Gasteiger partial charge in [0, 0.05) is 35.8 Å². The lowest BCUT2D eigenvalue weighted by Gasteiger charge is -2.26. The van der Waals surface area contributed by atoms with Crippen molar-refractivity contribution in [1.82, 2.24) is 24.4 Å². The summed E-state index contributed by atoms with van der Waals surface area (Å²) in [4.78, 5) is 16.4. The molecule has 1 atom stereocenters. The number of pyridine rings is 2. The number of aliphatic hydroxyl groups is 1. The third-order valence-electron chi connectivity index (χ3n) is 5.71. The van der Waals surface area contributed by atoms with Gasteiger partial charge in [0.05, 0.1) is 30.4 Å². The van der Waals surface area contributed by atoms with Crippen LogP contribution in [0.25, 0.3) is 16.6 Å². The van der Waals surface area contributed by atoms with Gasteiger partial charge in [-0.1, -0.05) is 12.1 Å². The minimum Gasteiger partial charge on any atom is -0.478 e. The number of rotatable bonds is 8. The second kappa shape index (κ2) is 9.02. The van der Waals surface area contributed by atoms with Gasteiger partial charge in [-0.15, -0.1) is 5.10 Å². The number of carbonyl (C=O) groups is 1. The number of alkyl halides is 3. The number of carbonyl (C=O) groups excluding carboxylic acids is 1. The fourth-order valence-electron chi connectivity index (χ4n) is 3.84. The normalized spacial score (nSPS) is 13.7. The van der Waals surface area contributed by atoms with E-state index in [1.807, 2.05) is 6.92 Å². The van der Waals surface area contributed by atoms with Crippen molar-refractivity contribution >= 4 is 11.4 Å². The largest absolute Gasteiger partial charge is 0.478 e. The summed E-state index contributed by atoms with van der Waals surface area (Å²) in [6.45, 7) is 3.60. The minimum atomic E-state index is -4.89. The highest BCUT2D eigenvalue weighted by Gasteiger charge is 2.55. The van der Waals surface area contributed by atoms with Gasteiger partial charge in [0.2, 0.25) is 11.5 Å². The van der Waals surface area contributed by atoms with Crippen molar-refractivity contribution in [3.05, 3.63) is 65.9 Å². The van der Waals surface area contributed by atoms with Crippen molar-refractivity contribution in [2.45, 2.75) is 38.6 Å². The Kier molecular flexibility index (Phi) is 6.24. The SMILES string of the molecule is CCOc1ccc(-c2c(C(N)=O)cn3ccc(Cn4cc(C(O)(CC)C(F)(F)F)nn4)cc23)cn1. The van der Waals surface area contributed by atoms with Crippen LogP contribution in [0.4, 0.5) is 13.2 Å². The predicted molar refractivity (Wildman–Crippen MR) is 120 cm³/mol. The van der Waals surface area contributed by atoms with Crippen LogP contribution >= 0.6 is 0 Å². The van der Waals surface area contributed by atoms with E-state index < -0.39 is 29.8 Å². The molecule has 1 amide bonds.